The van der Waals surface area contributed by atoms with Crippen molar-refractivity contribution in [2.45, 2.75) is 24.9 Å². The Hall–Kier alpha value is -0.0800. The summed E-state index contributed by atoms with van der Waals surface area (Å²) in [5.74, 6) is 0. The first-order valence-electron chi connectivity index (χ1n) is 3.68. The van der Waals surface area contributed by atoms with Gasteiger partial charge in [-0.15, -0.1) is 0 Å². The topological polar surface area (TPSA) is 15.3 Å². The molecule has 1 N–H and O–H groups in total. The number of hydrogen-bond donors (Lipinski definition) is 1. The van der Waals surface area contributed by atoms with Crippen LogP contribution < -0.4 is 5.32 Å². The van der Waals surface area contributed by atoms with E-state index in [9.17, 15) is 0 Å². The molecule has 0 saturated carbocycles. The lowest BCUT2D eigenvalue weighted by Gasteiger charge is -2.61. The van der Waals surface area contributed by atoms with Crippen LogP contribution in [-0.2, 0) is 0 Å². The SMILES string of the molecule is CC1CC2(CNC2)N1C. The predicted octanol–water partition coefficient (Wildman–Crippen LogP) is 0.0524. The highest BCUT2D eigenvalue weighted by molar-refractivity contribution is 5.11. The van der Waals surface area contributed by atoms with Gasteiger partial charge in [0.15, 0.2) is 0 Å². The molecule has 2 heterocycles. The Morgan fingerprint density at radius 3 is 2.33 bits per heavy atom. The first-order valence-corrected chi connectivity index (χ1v) is 3.68. The van der Waals surface area contributed by atoms with E-state index in [4.69, 9.17) is 0 Å². The molecule has 0 radical (unpaired) electrons. The fraction of sp³-hybridized carbons (Fsp3) is 1.00. The third-order valence-corrected chi connectivity index (χ3v) is 2.99. The Morgan fingerprint density at radius 2 is 2.22 bits per heavy atom. The Balaban J connectivity index is 2.02. The Bertz CT molecular complexity index is 129. The van der Waals surface area contributed by atoms with Crippen LogP contribution in [0.15, 0.2) is 0 Å². The molecular formula is C7H14N2. The summed E-state index contributed by atoms with van der Waals surface area (Å²) in [4.78, 5) is 2.49. The lowest BCUT2D eigenvalue weighted by molar-refractivity contribution is -0.0773. The van der Waals surface area contributed by atoms with Crippen molar-refractivity contribution >= 4 is 0 Å². The minimum Gasteiger partial charge on any atom is -0.313 e. The molecule has 1 unspecified atom stereocenters. The standard InChI is InChI=1S/C7H14N2/c1-6-3-7(9(6)2)4-8-5-7/h6,8H,3-5H2,1-2H3. The monoisotopic (exact) mass is 126 g/mol. The molecule has 0 aliphatic carbocycles. The molecular weight excluding hydrogens is 112 g/mol. The molecule has 2 aliphatic heterocycles. The van der Waals surface area contributed by atoms with Crippen LogP contribution >= 0.6 is 0 Å². The van der Waals surface area contributed by atoms with Crippen LogP contribution in [0.5, 0.6) is 0 Å². The fourth-order valence-corrected chi connectivity index (χ4v) is 1.99. The summed E-state index contributed by atoms with van der Waals surface area (Å²) >= 11 is 0. The van der Waals surface area contributed by atoms with Gasteiger partial charge in [0.25, 0.3) is 0 Å². The second-order valence-electron chi connectivity index (χ2n) is 3.49. The molecule has 0 aromatic heterocycles. The molecule has 0 bridgehead atoms. The summed E-state index contributed by atoms with van der Waals surface area (Å²) < 4.78 is 0. The van der Waals surface area contributed by atoms with E-state index in [1.54, 1.807) is 0 Å². The second-order valence-corrected chi connectivity index (χ2v) is 3.49. The first kappa shape index (κ1) is 5.69. The summed E-state index contributed by atoms with van der Waals surface area (Å²) in [5.41, 5.74) is 0.597. The summed E-state index contributed by atoms with van der Waals surface area (Å²) in [6, 6.07) is 0.826. The maximum absolute atomic E-state index is 3.31. The van der Waals surface area contributed by atoms with Gasteiger partial charge < -0.3 is 5.32 Å². The highest BCUT2D eigenvalue weighted by atomic mass is 15.3. The van der Waals surface area contributed by atoms with Crippen LogP contribution in [-0.4, -0.2) is 36.6 Å². The number of likely N-dealkylation sites (tertiary alicyclic amines) is 1. The number of nitrogens with one attached hydrogen (secondary N) is 1. The summed E-state index contributed by atoms with van der Waals surface area (Å²) in [6.07, 6.45) is 1.40. The van der Waals surface area contributed by atoms with Crippen molar-refractivity contribution in [1.82, 2.24) is 10.2 Å². The quantitative estimate of drug-likeness (QED) is 0.493. The van der Waals surface area contributed by atoms with E-state index < -0.39 is 0 Å². The van der Waals surface area contributed by atoms with Gasteiger partial charge in [-0.1, -0.05) is 0 Å². The van der Waals surface area contributed by atoms with Crippen molar-refractivity contribution < 1.29 is 0 Å². The van der Waals surface area contributed by atoms with Crippen LogP contribution in [0.2, 0.25) is 0 Å². The normalized spacial score (nSPS) is 40.0. The highest BCUT2D eigenvalue weighted by Gasteiger charge is 2.51. The third-order valence-electron chi connectivity index (χ3n) is 2.99. The molecule has 9 heavy (non-hydrogen) atoms. The maximum Gasteiger partial charge on any atom is 0.0472 e. The van der Waals surface area contributed by atoms with Crippen molar-refractivity contribution in [2.24, 2.45) is 0 Å². The van der Waals surface area contributed by atoms with Crippen LogP contribution in [0.25, 0.3) is 0 Å². The van der Waals surface area contributed by atoms with Crippen LogP contribution in [0.3, 0.4) is 0 Å². The van der Waals surface area contributed by atoms with Crippen molar-refractivity contribution in [2.75, 3.05) is 20.1 Å². The van der Waals surface area contributed by atoms with Gasteiger partial charge in [0.1, 0.15) is 0 Å². The summed E-state index contributed by atoms with van der Waals surface area (Å²) in [5, 5.41) is 3.31. The predicted molar refractivity (Wildman–Crippen MR) is 37.4 cm³/mol. The smallest absolute Gasteiger partial charge is 0.0472 e. The Kier molecular flexibility index (Phi) is 0.945. The number of rotatable bonds is 0. The molecule has 2 fully saturated rings. The van der Waals surface area contributed by atoms with Gasteiger partial charge in [0.2, 0.25) is 0 Å². The third kappa shape index (κ3) is 0.528. The molecule has 0 aromatic carbocycles. The molecule has 2 heteroatoms. The van der Waals surface area contributed by atoms with Gasteiger partial charge >= 0.3 is 0 Å². The van der Waals surface area contributed by atoms with Crippen LogP contribution in [0.4, 0.5) is 0 Å². The molecule has 0 aromatic rings. The van der Waals surface area contributed by atoms with E-state index in [0.717, 1.165) is 6.04 Å². The van der Waals surface area contributed by atoms with Gasteiger partial charge in [-0.3, -0.25) is 4.90 Å². The van der Waals surface area contributed by atoms with Crippen LogP contribution in [0.1, 0.15) is 13.3 Å². The van der Waals surface area contributed by atoms with Gasteiger partial charge in [-0.05, 0) is 20.4 Å². The zero-order chi connectivity index (χ0) is 6.48. The van der Waals surface area contributed by atoms with Gasteiger partial charge in [0, 0.05) is 24.7 Å². The van der Waals surface area contributed by atoms with E-state index in [-0.39, 0.29) is 0 Å². The first-order chi connectivity index (χ1) is 4.25. The molecule has 2 rings (SSSR count). The lowest BCUT2D eigenvalue weighted by Crippen LogP contribution is -2.77. The Morgan fingerprint density at radius 1 is 1.56 bits per heavy atom. The molecule has 1 spiro atoms. The van der Waals surface area contributed by atoms with Crippen molar-refractivity contribution in [1.29, 1.82) is 0 Å². The van der Waals surface area contributed by atoms with E-state index in [1.165, 1.54) is 19.5 Å². The molecule has 1 atom stereocenters. The zero-order valence-electron chi connectivity index (χ0n) is 6.15. The van der Waals surface area contributed by atoms with Crippen LogP contribution in [0, 0.1) is 0 Å². The zero-order valence-corrected chi connectivity index (χ0v) is 6.15. The van der Waals surface area contributed by atoms with Gasteiger partial charge in [-0.25, -0.2) is 0 Å². The van der Waals surface area contributed by atoms with E-state index in [2.05, 4.69) is 24.2 Å². The average Bonchev–Trinajstić information content (AvgIpc) is 1.77. The van der Waals surface area contributed by atoms with Crippen molar-refractivity contribution in [3.63, 3.8) is 0 Å². The van der Waals surface area contributed by atoms with E-state index in [1.807, 2.05) is 0 Å². The molecule has 2 aliphatic rings. The fourth-order valence-electron chi connectivity index (χ4n) is 1.99. The number of hydrogen-bond acceptors (Lipinski definition) is 2. The Labute approximate surface area is 56.2 Å². The maximum atomic E-state index is 3.31. The molecule has 2 nitrogen and oxygen atoms in total. The average molecular weight is 126 g/mol. The minimum absolute atomic E-state index is 0.597. The largest absolute Gasteiger partial charge is 0.313 e. The number of likely N-dealkylation sites (N-methyl/N-ethyl adjacent to an activating group) is 1. The lowest BCUT2D eigenvalue weighted by atomic mass is 9.75. The molecule has 2 saturated heterocycles. The second kappa shape index (κ2) is 1.50. The number of nitrogens with zero attached hydrogens (tertiary/aromatic N) is 1. The van der Waals surface area contributed by atoms with Crippen molar-refractivity contribution in [3.05, 3.63) is 0 Å². The van der Waals surface area contributed by atoms with E-state index in [0.29, 0.717) is 5.54 Å². The van der Waals surface area contributed by atoms with Gasteiger partial charge in [0.05, 0.1) is 0 Å². The summed E-state index contributed by atoms with van der Waals surface area (Å²) in [7, 11) is 2.23. The van der Waals surface area contributed by atoms with Gasteiger partial charge in [-0.2, -0.15) is 0 Å². The molecule has 52 valence electrons. The highest BCUT2D eigenvalue weighted by Crippen LogP contribution is 2.37. The molecule has 0 amide bonds. The minimum atomic E-state index is 0.597. The summed E-state index contributed by atoms with van der Waals surface area (Å²) in [6.45, 7) is 4.73. The van der Waals surface area contributed by atoms with Crippen molar-refractivity contribution in [3.8, 4) is 0 Å². The van der Waals surface area contributed by atoms with E-state index >= 15 is 0 Å².